The van der Waals surface area contributed by atoms with Crippen molar-refractivity contribution in [3.8, 4) is 11.5 Å². The van der Waals surface area contributed by atoms with Gasteiger partial charge in [0.25, 0.3) is 10.0 Å². The number of hydrogen-bond donors (Lipinski definition) is 1. The van der Waals surface area contributed by atoms with E-state index in [9.17, 15) is 13.2 Å². The van der Waals surface area contributed by atoms with Crippen LogP contribution in [0.2, 0.25) is 5.02 Å². The van der Waals surface area contributed by atoms with Crippen molar-refractivity contribution >= 4 is 44.6 Å². The Balaban J connectivity index is 2.20. The molecule has 0 spiro atoms. The summed E-state index contributed by atoms with van der Waals surface area (Å²) in [6.45, 7) is -0.440. The number of nitrogens with one attached hydrogen (secondary N) is 1. The van der Waals surface area contributed by atoms with Gasteiger partial charge in [0.15, 0.2) is 11.5 Å². The van der Waals surface area contributed by atoms with Crippen molar-refractivity contribution in [2.24, 2.45) is 0 Å². The number of hydrogen-bond acceptors (Lipinski definition) is 6. The number of sulfonamides is 1. The van der Waals surface area contributed by atoms with Gasteiger partial charge in [-0.25, -0.2) is 8.42 Å². The molecule has 10 heteroatoms. The minimum Gasteiger partial charge on any atom is -0.493 e. The minimum atomic E-state index is -4.20. The Hall–Kier alpha value is -3.43. The molecule has 0 aliphatic rings. The molecule has 0 atom stereocenters. The summed E-state index contributed by atoms with van der Waals surface area (Å²) in [6.07, 6.45) is 0. The third kappa shape index (κ3) is 5.21. The van der Waals surface area contributed by atoms with Crippen LogP contribution in [0, 0.1) is 0 Å². The van der Waals surface area contributed by atoms with Crippen molar-refractivity contribution < 1.29 is 22.7 Å². The molecular weight excluding hydrogens is 478 g/mol. The molecule has 1 N–H and O–H groups in total. The number of benzene rings is 3. The van der Waals surface area contributed by atoms with Gasteiger partial charge in [-0.15, -0.1) is 0 Å². The van der Waals surface area contributed by atoms with Crippen LogP contribution in [0.25, 0.3) is 0 Å². The molecule has 0 aliphatic heterocycles. The van der Waals surface area contributed by atoms with E-state index in [-0.39, 0.29) is 16.3 Å². The molecule has 0 bridgehead atoms. The Labute approximate surface area is 204 Å². The van der Waals surface area contributed by atoms with Crippen molar-refractivity contribution in [2.45, 2.75) is 4.90 Å². The van der Waals surface area contributed by atoms with Gasteiger partial charge in [0.2, 0.25) is 5.91 Å². The molecule has 1 amide bonds. The van der Waals surface area contributed by atoms with E-state index in [0.29, 0.717) is 16.5 Å². The predicted molar refractivity (Wildman–Crippen MR) is 134 cm³/mol. The van der Waals surface area contributed by atoms with E-state index >= 15 is 0 Å². The molecule has 0 unspecified atom stereocenters. The quantitative estimate of drug-likeness (QED) is 0.473. The van der Waals surface area contributed by atoms with Gasteiger partial charge >= 0.3 is 0 Å². The summed E-state index contributed by atoms with van der Waals surface area (Å²) < 4.78 is 39.3. The van der Waals surface area contributed by atoms with E-state index in [1.54, 1.807) is 25.2 Å². The maximum atomic E-state index is 13.8. The number of anilines is 3. The summed E-state index contributed by atoms with van der Waals surface area (Å²) in [4.78, 5) is 14.2. The van der Waals surface area contributed by atoms with Crippen LogP contribution in [0.5, 0.6) is 11.5 Å². The van der Waals surface area contributed by atoms with Crippen molar-refractivity contribution in [1.82, 2.24) is 5.32 Å². The lowest BCUT2D eigenvalue weighted by Gasteiger charge is -2.30. The van der Waals surface area contributed by atoms with Crippen LogP contribution in [0.3, 0.4) is 0 Å². The highest BCUT2D eigenvalue weighted by atomic mass is 35.5. The van der Waals surface area contributed by atoms with E-state index in [4.69, 9.17) is 21.1 Å². The number of para-hydroxylation sites is 1. The topological polar surface area (TPSA) is 88.2 Å². The lowest BCUT2D eigenvalue weighted by Crippen LogP contribution is -2.40. The molecule has 34 heavy (non-hydrogen) atoms. The van der Waals surface area contributed by atoms with Crippen molar-refractivity contribution in [2.75, 3.05) is 44.1 Å². The number of likely N-dealkylation sites (N-methyl/N-ethyl adjacent to an activating group) is 1. The summed E-state index contributed by atoms with van der Waals surface area (Å²) in [6, 6.07) is 18.5. The van der Waals surface area contributed by atoms with Gasteiger partial charge in [-0.1, -0.05) is 29.8 Å². The smallest absolute Gasteiger partial charge is 0.265 e. The van der Waals surface area contributed by atoms with E-state index in [1.807, 2.05) is 35.2 Å². The van der Waals surface area contributed by atoms with Crippen molar-refractivity contribution in [3.63, 3.8) is 0 Å². The fraction of sp³-hybridized carbons (Fsp3) is 0.208. The second-order valence-electron chi connectivity index (χ2n) is 7.23. The van der Waals surface area contributed by atoms with Crippen molar-refractivity contribution in [1.29, 1.82) is 0 Å². The molecule has 0 aromatic heterocycles. The van der Waals surface area contributed by atoms with Crippen LogP contribution in [-0.2, 0) is 14.8 Å². The van der Waals surface area contributed by atoms with Crippen LogP contribution in [0.4, 0.5) is 17.1 Å². The number of rotatable bonds is 9. The van der Waals surface area contributed by atoms with Gasteiger partial charge in [-0.05, 0) is 42.5 Å². The summed E-state index contributed by atoms with van der Waals surface area (Å²) in [5.74, 6) is 0.156. The van der Waals surface area contributed by atoms with Crippen LogP contribution < -0.4 is 24.0 Å². The highest BCUT2D eigenvalue weighted by Crippen LogP contribution is 2.39. The SMILES string of the molecule is CNC(=O)CN(c1ccc(Cl)cc1N(C)c1ccccc1)S(=O)(=O)c1ccc(OC)c(OC)c1. The lowest BCUT2D eigenvalue weighted by atomic mass is 10.2. The zero-order valence-corrected chi connectivity index (χ0v) is 20.9. The van der Waals surface area contributed by atoms with Gasteiger partial charge < -0.3 is 19.7 Å². The molecule has 3 aromatic rings. The first-order valence-corrected chi connectivity index (χ1v) is 12.1. The number of carbonyl (C=O) groups excluding carboxylic acids is 1. The highest BCUT2D eigenvalue weighted by molar-refractivity contribution is 7.92. The Bertz CT molecular complexity index is 1270. The second kappa shape index (κ2) is 10.7. The first-order valence-electron chi connectivity index (χ1n) is 10.3. The molecule has 8 nitrogen and oxygen atoms in total. The predicted octanol–water partition coefficient (Wildman–Crippen LogP) is 4.07. The van der Waals surface area contributed by atoms with Gasteiger partial charge in [-0.3, -0.25) is 9.10 Å². The number of nitrogens with zero attached hydrogens (tertiary/aromatic N) is 2. The van der Waals surface area contributed by atoms with E-state index in [0.717, 1.165) is 9.99 Å². The number of ether oxygens (including phenoxy) is 2. The molecule has 0 saturated heterocycles. The van der Waals surface area contributed by atoms with Crippen molar-refractivity contribution in [3.05, 3.63) is 71.8 Å². The summed E-state index contributed by atoms with van der Waals surface area (Å²) in [7, 11) is 1.92. The molecule has 0 saturated carbocycles. The van der Waals surface area contributed by atoms with Gasteiger partial charge in [0.1, 0.15) is 6.54 Å². The monoisotopic (exact) mass is 503 g/mol. The maximum absolute atomic E-state index is 13.8. The molecule has 3 rings (SSSR count). The van der Waals surface area contributed by atoms with E-state index in [2.05, 4.69) is 5.32 Å². The van der Waals surface area contributed by atoms with Gasteiger partial charge in [0, 0.05) is 30.9 Å². The highest BCUT2D eigenvalue weighted by Gasteiger charge is 2.30. The van der Waals surface area contributed by atoms with Gasteiger partial charge in [-0.2, -0.15) is 0 Å². The van der Waals surface area contributed by atoms with E-state index < -0.39 is 22.5 Å². The first kappa shape index (κ1) is 25.2. The zero-order chi connectivity index (χ0) is 24.9. The summed E-state index contributed by atoms with van der Waals surface area (Å²) >= 11 is 6.29. The molecular formula is C24H26ClN3O5S. The molecule has 3 aromatic carbocycles. The molecule has 0 aliphatic carbocycles. The third-order valence-corrected chi connectivity index (χ3v) is 7.21. The zero-order valence-electron chi connectivity index (χ0n) is 19.3. The minimum absolute atomic E-state index is 0.0580. The number of carbonyl (C=O) groups is 1. The largest absolute Gasteiger partial charge is 0.493 e. The third-order valence-electron chi connectivity index (χ3n) is 5.22. The summed E-state index contributed by atoms with van der Waals surface area (Å²) in [5, 5.41) is 2.91. The fourth-order valence-electron chi connectivity index (χ4n) is 3.38. The molecule has 180 valence electrons. The van der Waals surface area contributed by atoms with Crippen LogP contribution in [0.15, 0.2) is 71.6 Å². The van der Waals surface area contributed by atoms with E-state index in [1.165, 1.54) is 39.5 Å². The Morgan fingerprint density at radius 2 is 1.62 bits per heavy atom. The molecule has 0 radical (unpaired) electrons. The van der Waals surface area contributed by atoms with Crippen LogP contribution >= 0.6 is 11.6 Å². The second-order valence-corrected chi connectivity index (χ2v) is 9.53. The lowest BCUT2D eigenvalue weighted by molar-refractivity contribution is -0.119. The number of amides is 1. The fourth-order valence-corrected chi connectivity index (χ4v) is 5.00. The number of methoxy groups -OCH3 is 2. The molecule has 0 heterocycles. The summed E-state index contributed by atoms with van der Waals surface area (Å²) in [5.41, 5.74) is 1.61. The van der Waals surface area contributed by atoms with Crippen LogP contribution in [-0.4, -0.2) is 49.2 Å². The average Bonchev–Trinajstić information content (AvgIpc) is 2.86. The Kier molecular flexibility index (Phi) is 7.90. The maximum Gasteiger partial charge on any atom is 0.265 e. The Morgan fingerprint density at radius 1 is 0.941 bits per heavy atom. The number of halogens is 1. The first-order chi connectivity index (χ1) is 16.2. The standard InChI is InChI=1S/C24H26ClN3O5S/c1-26-24(29)16-28(34(30,31)19-11-13-22(32-3)23(15-19)33-4)20-12-10-17(25)14-21(20)27(2)18-8-6-5-7-9-18/h5-15H,16H2,1-4H3,(H,26,29). The average molecular weight is 504 g/mol. The Morgan fingerprint density at radius 3 is 2.24 bits per heavy atom. The van der Waals surface area contributed by atoms with Gasteiger partial charge in [0.05, 0.1) is 30.5 Å². The van der Waals surface area contributed by atoms with Crippen LogP contribution in [0.1, 0.15) is 0 Å². The molecule has 0 fully saturated rings. The normalized spacial score (nSPS) is 11.0.